The number of urea groups is 1. The largest absolute Gasteiger partial charge is 0.457 e. The predicted molar refractivity (Wildman–Crippen MR) is 329 cm³/mol. The van der Waals surface area contributed by atoms with E-state index >= 15 is 0 Å². The van der Waals surface area contributed by atoms with E-state index in [0.29, 0.717) is 52.9 Å². The minimum Gasteiger partial charge on any atom is -0.457 e. The van der Waals surface area contributed by atoms with Crippen LogP contribution in [0.4, 0.5) is 15.3 Å². The SMILES string of the molecule is CO[C@@H]1/C=C/C=C(\C)Cc2cc(C)c(Cl)c(c2)N(C)C(=O)C[C@H](OC(=O)[C@H](C)N(C)C(=O)c2ccc(CC(=O)[C@H](CCCNC(N)=O)NC(=O)[C@@H](NC(=O)CCCCCN3C(=O)C=CC3=O)C(C)C)c3ncccc23)[C@]2(C)O[C@H]2[C@H](C)[C@@H]2C[C@@]1(O)NC(=O)O2. The molecule has 0 radical (unpaired) electrons. The van der Waals surface area contributed by atoms with E-state index in [0.717, 1.165) is 16.0 Å². The summed E-state index contributed by atoms with van der Waals surface area (Å²) in [5, 5.41) is 23.2. The van der Waals surface area contributed by atoms with Crippen molar-refractivity contribution in [1.29, 1.82) is 0 Å². The van der Waals surface area contributed by atoms with Gasteiger partial charge in [0, 0.05) is 88.8 Å². The molecule has 2 aromatic carbocycles. The van der Waals surface area contributed by atoms with Crippen LogP contribution in [0.15, 0.2) is 78.5 Å². The monoisotopic (exact) mass is 1250 g/mol. The summed E-state index contributed by atoms with van der Waals surface area (Å²) in [6.07, 6.45) is 5.73. The van der Waals surface area contributed by atoms with Gasteiger partial charge in [0.1, 0.15) is 36.0 Å². The highest BCUT2D eigenvalue weighted by molar-refractivity contribution is 6.34. The molecule has 480 valence electrons. The molecule has 10 atom stereocenters. The highest BCUT2D eigenvalue weighted by Gasteiger charge is 2.64. The predicted octanol–water partition coefficient (Wildman–Crippen LogP) is 5.35. The number of rotatable bonds is 22. The number of halogens is 1. The number of aliphatic hydroxyl groups is 1. The van der Waals surface area contributed by atoms with Crippen molar-refractivity contribution < 1.29 is 72.0 Å². The van der Waals surface area contributed by atoms with Crippen molar-refractivity contribution in [3.05, 3.63) is 106 Å². The van der Waals surface area contributed by atoms with E-state index in [1.54, 1.807) is 65.1 Å². The van der Waals surface area contributed by atoms with Gasteiger partial charge in [-0.2, -0.15) is 0 Å². The Bertz CT molecular complexity index is 3320. The Hall–Kier alpha value is -8.06. The zero-order chi connectivity index (χ0) is 65.2. The van der Waals surface area contributed by atoms with E-state index in [-0.39, 0.29) is 68.1 Å². The molecule has 0 aliphatic carbocycles. The number of pyridine rings is 1. The molecule has 0 unspecified atom stereocenters. The van der Waals surface area contributed by atoms with Crippen LogP contribution in [0, 0.1) is 18.8 Å². The van der Waals surface area contributed by atoms with Gasteiger partial charge < -0.3 is 55.5 Å². The number of primary amides is 1. The summed E-state index contributed by atoms with van der Waals surface area (Å²) >= 11 is 6.89. The maximum absolute atomic E-state index is 14.7. The third-order valence-electron chi connectivity index (χ3n) is 17.0. The Morgan fingerprint density at radius 1 is 1.00 bits per heavy atom. The first-order valence-corrected chi connectivity index (χ1v) is 30.3. The molecule has 7 N–H and O–H groups in total. The lowest BCUT2D eigenvalue weighted by atomic mass is 9.83. The van der Waals surface area contributed by atoms with Crippen LogP contribution >= 0.6 is 11.6 Å². The molecule has 24 nitrogen and oxygen atoms in total. The Balaban J connectivity index is 1.08. The van der Waals surface area contributed by atoms with E-state index in [1.807, 2.05) is 32.1 Å². The van der Waals surface area contributed by atoms with Crippen molar-refractivity contribution in [3.63, 3.8) is 0 Å². The quantitative estimate of drug-likeness (QED) is 0.0320. The number of nitrogens with zero attached hydrogens (tertiary/aromatic N) is 4. The zero-order valence-electron chi connectivity index (χ0n) is 52.0. The number of nitrogens with one attached hydrogen (secondary N) is 4. The summed E-state index contributed by atoms with van der Waals surface area (Å²) in [7, 11) is 4.39. The number of esters is 1. The van der Waals surface area contributed by atoms with Crippen LogP contribution in [0.3, 0.4) is 0 Å². The van der Waals surface area contributed by atoms with Crippen LogP contribution in [-0.4, -0.2) is 167 Å². The fraction of sp³-hybridized carbons (Fsp3) is 0.516. The molecule has 4 aliphatic rings. The molecule has 2 saturated heterocycles. The van der Waals surface area contributed by atoms with Crippen LogP contribution in [0.1, 0.15) is 120 Å². The summed E-state index contributed by atoms with van der Waals surface area (Å²) in [6, 6.07) is 5.85. The van der Waals surface area contributed by atoms with E-state index in [4.69, 9.17) is 36.3 Å². The van der Waals surface area contributed by atoms with Gasteiger partial charge in [0.05, 0.1) is 34.8 Å². The smallest absolute Gasteiger partial charge is 0.409 e. The average molecular weight is 1250 g/mol. The van der Waals surface area contributed by atoms with Gasteiger partial charge in [0.2, 0.25) is 17.7 Å². The summed E-state index contributed by atoms with van der Waals surface area (Å²) in [5.41, 5.74) is 5.74. The molecule has 4 bridgehead atoms. The number of alkyl carbamates (subject to hydrolysis) is 1. The standard InChI is InChI=1S/C64H82ClN9O15/c1-35(2)55(70-50(76)21-12-11-13-28-74-51(77)24-25-52(74)78)58(80)69-44(19-16-27-68-61(66)83)46(75)32-41-22-23-43(42-18-15-26-67-56(41)42)59(81)72(8)39(6)60(82)88-49-33-53(79)73(9)45-31-40(30-37(4)54(45)65)29-36(3)17-14-20-48(86-10)64(85)34-47(87-62(84)71-64)38(5)57-63(49,7)89-57/h14-15,17-18,20,22-26,30-31,35,38-39,44,47-49,55,57,85H,11-13,16,19,21,27-29,32-34H2,1-10H3,(H,69,80)(H,70,76)(H,71,84)(H3,66,68,83)/b20-14+,36-17+/t38-,39+,44+,47+,48-,49+,55+,57+,63+,64+/m1/s1. The van der Waals surface area contributed by atoms with Crippen LogP contribution in [0.25, 0.3) is 10.9 Å². The van der Waals surface area contributed by atoms with Crippen LogP contribution in [-0.2, 0) is 65.4 Å². The lowest BCUT2D eigenvalue weighted by Crippen LogP contribution is -2.63. The number of carbonyl (C=O) groups is 10. The highest BCUT2D eigenvalue weighted by Crippen LogP contribution is 2.49. The third-order valence-corrected chi connectivity index (χ3v) is 17.5. The number of hydrogen-bond donors (Lipinski definition) is 6. The number of anilines is 1. The zero-order valence-corrected chi connectivity index (χ0v) is 52.8. The second-order valence-electron chi connectivity index (χ2n) is 24.0. The van der Waals surface area contributed by atoms with Crippen molar-refractivity contribution in [2.45, 2.75) is 167 Å². The number of fused-ring (bicyclic) bond motifs is 6. The fourth-order valence-electron chi connectivity index (χ4n) is 11.5. The second-order valence-corrected chi connectivity index (χ2v) is 24.4. The summed E-state index contributed by atoms with van der Waals surface area (Å²) in [4.78, 5) is 142. The van der Waals surface area contributed by atoms with E-state index in [9.17, 15) is 53.1 Å². The molecule has 4 aliphatic heterocycles. The number of methoxy groups -OCH3 is 1. The minimum atomic E-state index is -1.91. The van der Waals surface area contributed by atoms with Gasteiger partial charge in [0.15, 0.2) is 11.5 Å². The van der Waals surface area contributed by atoms with Crippen molar-refractivity contribution in [2.75, 3.05) is 39.2 Å². The van der Waals surface area contributed by atoms with E-state index in [2.05, 4.69) is 26.3 Å². The van der Waals surface area contributed by atoms with Gasteiger partial charge in [0.25, 0.3) is 17.7 Å². The van der Waals surface area contributed by atoms with Gasteiger partial charge in [-0.1, -0.05) is 80.8 Å². The van der Waals surface area contributed by atoms with Crippen LogP contribution in [0.2, 0.25) is 5.02 Å². The Kier molecular flexibility index (Phi) is 22.7. The number of aromatic nitrogens is 1. The molecule has 1 aromatic heterocycles. The number of aryl methyl sites for hydroxylation is 1. The number of unbranched alkanes of at least 4 members (excludes halogenated alkanes) is 2. The summed E-state index contributed by atoms with van der Waals surface area (Å²) in [5.74, 6) is -5.25. The molecule has 5 heterocycles. The summed E-state index contributed by atoms with van der Waals surface area (Å²) in [6.45, 7) is 12.5. The molecule has 2 fully saturated rings. The maximum Gasteiger partial charge on any atom is 0.409 e. The van der Waals surface area contributed by atoms with Crippen molar-refractivity contribution in [1.82, 2.24) is 36.1 Å². The van der Waals surface area contributed by atoms with Crippen molar-refractivity contribution in [2.24, 2.45) is 17.6 Å². The Labute approximate surface area is 522 Å². The normalized spacial score (nSPS) is 24.7. The molecule has 9 amide bonds. The molecule has 0 saturated carbocycles. The lowest BCUT2D eigenvalue weighted by molar-refractivity contribution is -0.158. The first kappa shape index (κ1) is 68.4. The van der Waals surface area contributed by atoms with Gasteiger partial charge in [-0.3, -0.25) is 48.8 Å². The van der Waals surface area contributed by atoms with Crippen molar-refractivity contribution >= 4 is 87.5 Å². The topological polar surface area (TPSA) is 328 Å². The highest BCUT2D eigenvalue weighted by atomic mass is 35.5. The average Bonchev–Trinajstić information content (AvgIpc) is 1.71. The fourth-order valence-corrected chi connectivity index (χ4v) is 11.8. The second kappa shape index (κ2) is 29.5. The number of nitrogens with two attached hydrogens (primary N) is 1. The van der Waals surface area contributed by atoms with Gasteiger partial charge in [-0.15, -0.1) is 0 Å². The molecule has 7 rings (SSSR count). The Morgan fingerprint density at radius 2 is 1.72 bits per heavy atom. The number of allylic oxidation sites excluding steroid dienone is 3. The van der Waals surface area contributed by atoms with Crippen LogP contribution in [0.5, 0.6) is 0 Å². The molecule has 0 spiro atoms. The Morgan fingerprint density at radius 3 is 2.40 bits per heavy atom. The number of likely N-dealkylation sites (N-methyl/N-ethyl adjacent to an activating group) is 1. The maximum atomic E-state index is 14.7. The van der Waals surface area contributed by atoms with E-state index < -0.39 is 120 Å². The number of amides is 9. The molecule has 3 aromatic rings. The number of ether oxygens (including phenoxy) is 4. The number of benzene rings is 2. The molecular weight excluding hydrogens is 1170 g/mol. The molecule has 89 heavy (non-hydrogen) atoms. The van der Waals surface area contributed by atoms with Gasteiger partial charge >= 0.3 is 18.1 Å². The lowest BCUT2D eigenvalue weighted by Gasteiger charge is -2.42. The minimum absolute atomic E-state index is 0.0687. The van der Waals surface area contributed by atoms with Crippen LogP contribution < -0.4 is 31.9 Å². The number of ketones is 1. The van der Waals surface area contributed by atoms with Gasteiger partial charge in [-0.05, 0) is 101 Å². The summed E-state index contributed by atoms with van der Waals surface area (Å²) < 4.78 is 24.1. The first-order valence-electron chi connectivity index (χ1n) is 29.9. The third kappa shape index (κ3) is 16.6. The number of epoxide rings is 1. The number of Topliss-reactive ketones (excluding diaryl/α,β-unsaturated/α-hetero) is 1. The van der Waals surface area contributed by atoms with Crippen molar-refractivity contribution in [3.8, 4) is 0 Å². The number of imide groups is 1. The first-order chi connectivity index (χ1) is 42.1. The van der Waals surface area contributed by atoms with Gasteiger partial charge in [-0.25, -0.2) is 14.4 Å². The van der Waals surface area contributed by atoms with E-state index in [1.165, 1.54) is 55.3 Å². The number of carbonyl (C=O) groups excluding carboxylic acids is 10. The molecule has 25 heteroatoms. The number of hydrogen-bond acceptors (Lipinski definition) is 16. The molecular formula is C64H82ClN9O15.